The Morgan fingerprint density at radius 1 is 1.30 bits per heavy atom. The summed E-state index contributed by atoms with van der Waals surface area (Å²) in [6, 6.07) is 8.01. The minimum absolute atomic E-state index is 0.180. The van der Waals surface area contributed by atoms with Crippen molar-refractivity contribution in [2.45, 2.75) is 25.8 Å². The summed E-state index contributed by atoms with van der Waals surface area (Å²) in [5, 5.41) is 4.52. The number of thiazole rings is 1. The van der Waals surface area contributed by atoms with E-state index in [1.165, 1.54) is 16.9 Å². The molecule has 0 aliphatic rings. The SMILES string of the molecule is CC(C)c1ccc(C(N)CNC(=O)c2cscn2)cc1. The Labute approximate surface area is 123 Å². The molecule has 1 unspecified atom stereocenters. The van der Waals surface area contributed by atoms with E-state index in [0.717, 1.165) is 5.56 Å². The molecule has 4 nitrogen and oxygen atoms in total. The molecular weight excluding hydrogens is 270 g/mol. The summed E-state index contributed by atoms with van der Waals surface area (Å²) >= 11 is 1.40. The Kier molecular flexibility index (Phi) is 4.87. The van der Waals surface area contributed by atoms with Crippen LogP contribution >= 0.6 is 11.3 Å². The van der Waals surface area contributed by atoms with Gasteiger partial charge in [0.15, 0.2) is 0 Å². The Morgan fingerprint density at radius 3 is 2.50 bits per heavy atom. The number of nitrogens with two attached hydrogens (primary N) is 1. The van der Waals surface area contributed by atoms with E-state index in [0.29, 0.717) is 18.2 Å². The molecule has 1 amide bonds. The van der Waals surface area contributed by atoms with Gasteiger partial charge in [-0.2, -0.15) is 0 Å². The molecule has 106 valence electrons. The number of carbonyl (C=O) groups is 1. The van der Waals surface area contributed by atoms with Gasteiger partial charge in [-0.15, -0.1) is 11.3 Å². The summed E-state index contributed by atoms with van der Waals surface area (Å²) in [7, 11) is 0. The van der Waals surface area contributed by atoms with E-state index >= 15 is 0 Å². The van der Waals surface area contributed by atoms with E-state index in [1.54, 1.807) is 10.9 Å². The molecule has 3 N–H and O–H groups in total. The number of rotatable bonds is 5. The highest BCUT2D eigenvalue weighted by molar-refractivity contribution is 7.07. The zero-order valence-electron chi connectivity index (χ0n) is 11.7. The number of hydrogen-bond donors (Lipinski definition) is 2. The van der Waals surface area contributed by atoms with Crippen molar-refractivity contribution in [3.05, 3.63) is 52.0 Å². The molecule has 5 heteroatoms. The molecule has 1 aromatic heterocycles. The summed E-state index contributed by atoms with van der Waals surface area (Å²) in [4.78, 5) is 15.7. The van der Waals surface area contributed by atoms with Gasteiger partial charge in [-0.25, -0.2) is 4.98 Å². The van der Waals surface area contributed by atoms with Crippen molar-refractivity contribution in [1.29, 1.82) is 0 Å². The van der Waals surface area contributed by atoms with Crippen LogP contribution in [0.15, 0.2) is 35.2 Å². The Hall–Kier alpha value is -1.72. The quantitative estimate of drug-likeness (QED) is 0.889. The van der Waals surface area contributed by atoms with Gasteiger partial charge in [0.25, 0.3) is 5.91 Å². The standard InChI is InChI=1S/C15H19N3OS/c1-10(2)11-3-5-12(6-4-11)13(16)7-17-15(19)14-8-20-9-18-14/h3-6,8-10,13H,7,16H2,1-2H3,(H,17,19). The predicted octanol–water partition coefficient (Wildman–Crippen LogP) is 2.70. The third kappa shape index (κ3) is 3.65. The van der Waals surface area contributed by atoms with Crippen LogP contribution in [0.5, 0.6) is 0 Å². The van der Waals surface area contributed by atoms with E-state index in [1.807, 2.05) is 12.1 Å². The van der Waals surface area contributed by atoms with Gasteiger partial charge in [-0.05, 0) is 17.0 Å². The Balaban J connectivity index is 1.91. The lowest BCUT2D eigenvalue weighted by molar-refractivity contribution is 0.0947. The van der Waals surface area contributed by atoms with Crippen molar-refractivity contribution >= 4 is 17.2 Å². The average Bonchev–Trinajstić information content (AvgIpc) is 2.98. The molecule has 1 heterocycles. The van der Waals surface area contributed by atoms with E-state index in [9.17, 15) is 4.79 Å². The smallest absolute Gasteiger partial charge is 0.270 e. The lowest BCUT2D eigenvalue weighted by atomic mass is 9.99. The number of amides is 1. The van der Waals surface area contributed by atoms with Crippen LogP contribution in [0.4, 0.5) is 0 Å². The van der Waals surface area contributed by atoms with Gasteiger partial charge in [0.1, 0.15) is 5.69 Å². The van der Waals surface area contributed by atoms with Gasteiger partial charge in [-0.3, -0.25) is 4.79 Å². The molecular formula is C15H19N3OS. The molecule has 0 spiro atoms. The molecule has 0 aliphatic heterocycles. The van der Waals surface area contributed by atoms with Gasteiger partial charge in [0.2, 0.25) is 0 Å². The average molecular weight is 289 g/mol. The van der Waals surface area contributed by atoms with Crippen LogP contribution < -0.4 is 11.1 Å². The van der Waals surface area contributed by atoms with E-state index in [4.69, 9.17) is 5.73 Å². The monoisotopic (exact) mass is 289 g/mol. The first-order chi connectivity index (χ1) is 9.58. The van der Waals surface area contributed by atoms with E-state index in [-0.39, 0.29) is 11.9 Å². The number of nitrogens with one attached hydrogen (secondary N) is 1. The summed E-state index contributed by atoms with van der Waals surface area (Å²) in [6.45, 7) is 4.71. The molecule has 0 bridgehead atoms. The molecule has 0 radical (unpaired) electrons. The number of aromatic nitrogens is 1. The molecule has 2 aromatic rings. The largest absolute Gasteiger partial charge is 0.349 e. The van der Waals surface area contributed by atoms with Crippen LogP contribution in [0, 0.1) is 0 Å². The maximum absolute atomic E-state index is 11.8. The fourth-order valence-electron chi connectivity index (χ4n) is 1.86. The first-order valence-electron chi connectivity index (χ1n) is 6.59. The number of hydrogen-bond acceptors (Lipinski definition) is 4. The van der Waals surface area contributed by atoms with Crippen LogP contribution in [-0.4, -0.2) is 17.4 Å². The molecule has 2 rings (SSSR count). The fraction of sp³-hybridized carbons (Fsp3) is 0.333. The van der Waals surface area contributed by atoms with Crippen molar-refractivity contribution in [3.63, 3.8) is 0 Å². The zero-order chi connectivity index (χ0) is 14.5. The van der Waals surface area contributed by atoms with Crippen molar-refractivity contribution in [2.24, 2.45) is 5.73 Å². The van der Waals surface area contributed by atoms with E-state index < -0.39 is 0 Å². The minimum Gasteiger partial charge on any atom is -0.349 e. The normalized spacial score (nSPS) is 12.4. The topological polar surface area (TPSA) is 68.0 Å². The maximum atomic E-state index is 11.8. The van der Waals surface area contributed by atoms with Gasteiger partial charge >= 0.3 is 0 Å². The van der Waals surface area contributed by atoms with Gasteiger partial charge in [0, 0.05) is 18.0 Å². The Bertz CT molecular complexity index is 549. The van der Waals surface area contributed by atoms with Crippen LogP contribution in [0.1, 0.15) is 47.4 Å². The first-order valence-corrected chi connectivity index (χ1v) is 7.54. The predicted molar refractivity (Wildman–Crippen MR) is 81.9 cm³/mol. The summed E-state index contributed by atoms with van der Waals surface area (Å²) in [5.74, 6) is 0.324. The second-order valence-corrected chi connectivity index (χ2v) is 5.73. The molecule has 0 aliphatic carbocycles. The molecule has 0 fully saturated rings. The van der Waals surface area contributed by atoms with Crippen LogP contribution in [0.3, 0.4) is 0 Å². The molecule has 20 heavy (non-hydrogen) atoms. The maximum Gasteiger partial charge on any atom is 0.270 e. The minimum atomic E-state index is -0.209. The summed E-state index contributed by atoms with van der Waals surface area (Å²) in [6.07, 6.45) is 0. The Morgan fingerprint density at radius 2 is 1.95 bits per heavy atom. The van der Waals surface area contributed by atoms with Gasteiger partial charge in [0.05, 0.1) is 5.51 Å². The first kappa shape index (κ1) is 14.7. The molecule has 0 saturated heterocycles. The van der Waals surface area contributed by atoms with Crippen LogP contribution in [0.25, 0.3) is 0 Å². The number of nitrogens with zero attached hydrogens (tertiary/aromatic N) is 1. The lowest BCUT2D eigenvalue weighted by Crippen LogP contribution is -2.32. The molecule has 1 atom stereocenters. The summed E-state index contributed by atoms with van der Waals surface area (Å²) < 4.78 is 0. The van der Waals surface area contributed by atoms with Gasteiger partial charge in [-0.1, -0.05) is 38.1 Å². The van der Waals surface area contributed by atoms with Crippen LogP contribution in [0.2, 0.25) is 0 Å². The number of benzene rings is 1. The van der Waals surface area contributed by atoms with Gasteiger partial charge < -0.3 is 11.1 Å². The van der Waals surface area contributed by atoms with Crippen molar-refractivity contribution in [2.75, 3.05) is 6.54 Å². The summed E-state index contributed by atoms with van der Waals surface area (Å²) in [5.41, 5.74) is 10.5. The molecule has 0 saturated carbocycles. The van der Waals surface area contributed by atoms with Crippen molar-refractivity contribution in [3.8, 4) is 0 Å². The zero-order valence-corrected chi connectivity index (χ0v) is 12.5. The fourth-order valence-corrected chi connectivity index (χ4v) is 2.40. The highest BCUT2D eigenvalue weighted by atomic mass is 32.1. The number of carbonyl (C=O) groups excluding carboxylic acids is 1. The highest BCUT2D eigenvalue weighted by Gasteiger charge is 2.11. The van der Waals surface area contributed by atoms with E-state index in [2.05, 4.69) is 36.3 Å². The lowest BCUT2D eigenvalue weighted by Gasteiger charge is -2.14. The van der Waals surface area contributed by atoms with Crippen molar-refractivity contribution < 1.29 is 4.79 Å². The van der Waals surface area contributed by atoms with Crippen LogP contribution in [-0.2, 0) is 0 Å². The third-order valence-corrected chi connectivity index (χ3v) is 3.77. The van der Waals surface area contributed by atoms with Crippen molar-refractivity contribution in [1.82, 2.24) is 10.3 Å². The molecule has 1 aromatic carbocycles. The second kappa shape index (κ2) is 6.63. The third-order valence-electron chi connectivity index (χ3n) is 3.18. The second-order valence-electron chi connectivity index (χ2n) is 5.01. The highest BCUT2D eigenvalue weighted by Crippen LogP contribution is 2.17.